The number of hydrogen-bond donors (Lipinski definition) is 2. The number of benzene rings is 1. The highest BCUT2D eigenvalue weighted by atomic mass is 16.5. The zero-order valence-electron chi connectivity index (χ0n) is 21.0. The van der Waals surface area contributed by atoms with Gasteiger partial charge >= 0.3 is 0 Å². The predicted octanol–water partition coefficient (Wildman–Crippen LogP) is -0.782. The van der Waals surface area contributed by atoms with Crippen LogP contribution in [0.4, 0.5) is 5.69 Å². The van der Waals surface area contributed by atoms with Gasteiger partial charge in [-0.15, -0.1) is 0 Å². The van der Waals surface area contributed by atoms with Crippen LogP contribution in [-0.2, 0) is 23.8 Å². The van der Waals surface area contributed by atoms with Crippen molar-refractivity contribution in [3.8, 4) is 0 Å². The van der Waals surface area contributed by atoms with Crippen molar-refractivity contribution < 1.29 is 33.4 Å². The van der Waals surface area contributed by atoms with Gasteiger partial charge in [-0.2, -0.15) is 0 Å². The summed E-state index contributed by atoms with van der Waals surface area (Å²) in [5.41, 5.74) is 6.69. The molecular formula is C25H35N5O7. The number of anilines is 1. The SMILES string of the molecule is NCCOCCOCCOCCN1CCN(c2cccc3c2C(=O)N(C2CCC(=O)NC2=O)C3=O)CC1. The Morgan fingerprint density at radius 2 is 1.54 bits per heavy atom. The summed E-state index contributed by atoms with van der Waals surface area (Å²) < 4.78 is 16.3. The van der Waals surface area contributed by atoms with Crippen LogP contribution < -0.4 is 16.0 Å². The van der Waals surface area contributed by atoms with Gasteiger partial charge in [0.1, 0.15) is 6.04 Å². The first-order valence-electron chi connectivity index (χ1n) is 12.8. The van der Waals surface area contributed by atoms with Crippen molar-refractivity contribution in [2.75, 3.05) is 83.8 Å². The molecule has 4 rings (SSSR count). The standard InChI is InChI=1S/C25H35N5O7/c26-6-12-35-14-16-37-17-15-36-13-11-28-7-9-29(10-8-28)19-3-1-2-18-22(19)25(34)30(24(18)33)20-4-5-21(31)27-23(20)32/h1-3,20H,4-17,26H2,(H,27,31,32). The number of piperazine rings is 1. The van der Waals surface area contributed by atoms with Crippen LogP contribution in [0.3, 0.4) is 0 Å². The van der Waals surface area contributed by atoms with Gasteiger partial charge in [0, 0.05) is 45.7 Å². The first kappa shape index (κ1) is 27.1. The van der Waals surface area contributed by atoms with Gasteiger partial charge in [-0.1, -0.05) is 6.07 Å². The zero-order chi connectivity index (χ0) is 26.2. The average molecular weight is 518 g/mol. The highest BCUT2D eigenvalue weighted by Crippen LogP contribution is 2.34. The third-order valence-electron chi connectivity index (χ3n) is 6.72. The van der Waals surface area contributed by atoms with Crippen LogP contribution in [0.2, 0.25) is 0 Å². The van der Waals surface area contributed by atoms with E-state index in [0.29, 0.717) is 76.1 Å². The summed E-state index contributed by atoms with van der Waals surface area (Å²) in [6, 6.07) is 4.26. The highest BCUT2D eigenvalue weighted by Gasteiger charge is 2.46. The molecule has 12 nitrogen and oxygen atoms in total. The lowest BCUT2D eigenvalue weighted by molar-refractivity contribution is -0.136. The molecule has 3 aliphatic heterocycles. The number of carbonyl (C=O) groups excluding carboxylic acids is 4. The molecule has 2 fully saturated rings. The monoisotopic (exact) mass is 517 g/mol. The van der Waals surface area contributed by atoms with Crippen molar-refractivity contribution in [1.29, 1.82) is 0 Å². The van der Waals surface area contributed by atoms with Crippen molar-refractivity contribution in [3.05, 3.63) is 29.3 Å². The van der Waals surface area contributed by atoms with E-state index in [9.17, 15) is 19.2 Å². The molecule has 4 amide bonds. The summed E-state index contributed by atoms with van der Waals surface area (Å²) in [5.74, 6) is -1.96. The van der Waals surface area contributed by atoms with E-state index in [1.165, 1.54) is 0 Å². The van der Waals surface area contributed by atoms with Crippen molar-refractivity contribution in [3.63, 3.8) is 0 Å². The molecule has 1 unspecified atom stereocenters. The Bertz CT molecular complexity index is 996. The summed E-state index contributed by atoms with van der Waals surface area (Å²) in [5, 5.41) is 2.23. The molecule has 12 heteroatoms. The highest BCUT2D eigenvalue weighted by molar-refractivity contribution is 6.25. The van der Waals surface area contributed by atoms with Crippen molar-refractivity contribution >= 4 is 29.3 Å². The molecule has 1 aromatic rings. The number of carbonyl (C=O) groups is 4. The van der Waals surface area contributed by atoms with Gasteiger partial charge in [-0.05, 0) is 18.6 Å². The number of amides is 4. The van der Waals surface area contributed by atoms with Gasteiger partial charge < -0.3 is 24.8 Å². The number of rotatable bonds is 13. The minimum absolute atomic E-state index is 0.0968. The van der Waals surface area contributed by atoms with Crippen molar-refractivity contribution in [2.45, 2.75) is 18.9 Å². The Morgan fingerprint density at radius 3 is 2.22 bits per heavy atom. The Labute approximate surface area is 216 Å². The second kappa shape index (κ2) is 13.1. The second-order valence-corrected chi connectivity index (χ2v) is 9.10. The number of nitrogens with two attached hydrogens (primary N) is 1. The first-order chi connectivity index (χ1) is 18.0. The van der Waals surface area contributed by atoms with Crippen LogP contribution in [0.25, 0.3) is 0 Å². The van der Waals surface area contributed by atoms with Gasteiger partial charge in [0.2, 0.25) is 11.8 Å². The topological polar surface area (TPSA) is 144 Å². The quantitative estimate of drug-likeness (QED) is 0.253. The Balaban J connectivity index is 1.24. The van der Waals surface area contributed by atoms with Crippen molar-refractivity contribution in [1.82, 2.24) is 15.1 Å². The van der Waals surface area contributed by atoms with Crippen LogP contribution >= 0.6 is 0 Å². The molecule has 1 atom stereocenters. The van der Waals surface area contributed by atoms with Gasteiger partial charge in [0.15, 0.2) is 0 Å². The fourth-order valence-corrected chi connectivity index (χ4v) is 4.79. The van der Waals surface area contributed by atoms with Gasteiger partial charge in [0.05, 0.1) is 56.5 Å². The third kappa shape index (κ3) is 6.51. The van der Waals surface area contributed by atoms with E-state index in [4.69, 9.17) is 19.9 Å². The summed E-state index contributed by atoms with van der Waals surface area (Å²) >= 11 is 0. The number of imide groups is 2. The third-order valence-corrected chi connectivity index (χ3v) is 6.72. The smallest absolute Gasteiger partial charge is 0.264 e. The molecule has 1 aromatic carbocycles. The van der Waals surface area contributed by atoms with Gasteiger partial charge in [0.25, 0.3) is 11.8 Å². The number of piperidine rings is 1. The largest absolute Gasteiger partial charge is 0.378 e. The van der Waals surface area contributed by atoms with Crippen LogP contribution in [-0.4, -0.2) is 118 Å². The normalized spacial score (nSPS) is 20.5. The molecule has 0 radical (unpaired) electrons. The van der Waals surface area contributed by atoms with Crippen LogP contribution in [0.1, 0.15) is 33.6 Å². The molecule has 3 heterocycles. The molecule has 0 bridgehead atoms. The molecule has 3 aliphatic rings. The Kier molecular flexibility index (Phi) is 9.58. The molecular weight excluding hydrogens is 482 g/mol. The molecule has 202 valence electrons. The zero-order valence-corrected chi connectivity index (χ0v) is 21.0. The fourth-order valence-electron chi connectivity index (χ4n) is 4.79. The second-order valence-electron chi connectivity index (χ2n) is 9.10. The summed E-state index contributed by atoms with van der Waals surface area (Å²) in [4.78, 5) is 55.7. The molecule has 0 saturated carbocycles. The lowest BCUT2D eigenvalue weighted by atomic mass is 10.0. The fraction of sp³-hybridized carbons (Fsp3) is 0.600. The molecule has 0 aliphatic carbocycles. The van der Waals surface area contributed by atoms with E-state index in [1.54, 1.807) is 12.1 Å². The summed E-state index contributed by atoms with van der Waals surface area (Å²) in [7, 11) is 0. The maximum absolute atomic E-state index is 13.3. The van der Waals surface area contributed by atoms with E-state index in [1.807, 2.05) is 6.07 Å². The minimum atomic E-state index is -0.968. The Hall–Kier alpha value is -2.90. The molecule has 3 N–H and O–H groups in total. The molecule has 0 aromatic heterocycles. The van der Waals surface area contributed by atoms with E-state index in [-0.39, 0.29) is 18.7 Å². The predicted molar refractivity (Wildman–Crippen MR) is 133 cm³/mol. The van der Waals surface area contributed by atoms with Crippen LogP contribution in [0.5, 0.6) is 0 Å². The average Bonchev–Trinajstić information content (AvgIpc) is 3.15. The van der Waals surface area contributed by atoms with Crippen molar-refractivity contribution in [2.24, 2.45) is 5.73 Å². The summed E-state index contributed by atoms with van der Waals surface area (Å²) in [6.45, 7) is 7.50. The molecule has 2 saturated heterocycles. The number of hydrogen-bond acceptors (Lipinski definition) is 10. The lowest BCUT2D eigenvalue weighted by Crippen LogP contribution is -2.54. The van der Waals surface area contributed by atoms with Gasteiger partial charge in [-0.3, -0.25) is 34.3 Å². The van der Waals surface area contributed by atoms with Gasteiger partial charge in [-0.25, -0.2) is 0 Å². The van der Waals surface area contributed by atoms with E-state index in [0.717, 1.165) is 24.5 Å². The maximum atomic E-state index is 13.3. The number of nitrogens with one attached hydrogen (secondary N) is 1. The number of ether oxygens (including phenoxy) is 3. The van der Waals surface area contributed by atoms with Crippen LogP contribution in [0, 0.1) is 0 Å². The maximum Gasteiger partial charge on any atom is 0.264 e. The van der Waals surface area contributed by atoms with E-state index in [2.05, 4.69) is 15.1 Å². The Morgan fingerprint density at radius 1 is 0.865 bits per heavy atom. The summed E-state index contributed by atoms with van der Waals surface area (Å²) in [6.07, 6.45) is 0.237. The minimum Gasteiger partial charge on any atom is -0.378 e. The van der Waals surface area contributed by atoms with E-state index >= 15 is 0 Å². The molecule has 0 spiro atoms. The number of fused-ring (bicyclic) bond motifs is 1. The number of nitrogens with zero attached hydrogens (tertiary/aromatic N) is 3. The lowest BCUT2D eigenvalue weighted by Gasteiger charge is -2.36. The molecule has 37 heavy (non-hydrogen) atoms. The first-order valence-corrected chi connectivity index (χ1v) is 12.8. The van der Waals surface area contributed by atoms with E-state index < -0.39 is 23.8 Å². The van der Waals surface area contributed by atoms with Crippen LogP contribution in [0.15, 0.2) is 18.2 Å².